The SMILES string of the molecule is COC(=O)[C@@H]1CC=CC[C@H]1C(=O)Cl. The normalized spacial score (nSPS) is 26.9. The van der Waals surface area contributed by atoms with Gasteiger partial charge >= 0.3 is 5.97 Å². The van der Waals surface area contributed by atoms with E-state index in [0.717, 1.165) is 0 Å². The predicted octanol–water partition coefficient (Wildman–Crippen LogP) is 1.51. The Balaban J connectivity index is 2.75. The lowest BCUT2D eigenvalue weighted by Gasteiger charge is -2.22. The van der Waals surface area contributed by atoms with Crippen molar-refractivity contribution in [3.05, 3.63) is 12.2 Å². The zero-order chi connectivity index (χ0) is 9.84. The molecule has 2 atom stereocenters. The third-order valence-corrected chi connectivity index (χ3v) is 2.51. The maximum Gasteiger partial charge on any atom is 0.309 e. The Morgan fingerprint density at radius 2 is 1.85 bits per heavy atom. The second-order valence-electron chi connectivity index (χ2n) is 2.98. The highest BCUT2D eigenvalue weighted by Gasteiger charge is 2.33. The Morgan fingerprint density at radius 3 is 2.31 bits per heavy atom. The Labute approximate surface area is 81.7 Å². The highest BCUT2D eigenvalue weighted by Crippen LogP contribution is 2.28. The van der Waals surface area contributed by atoms with Gasteiger partial charge in [-0.2, -0.15) is 0 Å². The molecule has 0 unspecified atom stereocenters. The van der Waals surface area contributed by atoms with Gasteiger partial charge in [-0.15, -0.1) is 0 Å². The van der Waals surface area contributed by atoms with Gasteiger partial charge in [0, 0.05) is 0 Å². The second-order valence-corrected chi connectivity index (χ2v) is 3.36. The van der Waals surface area contributed by atoms with Gasteiger partial charge in [-0.3, -0.25) is 9.59 Å². The summed E-state index contributed by atoms with van der Waals surface area (Å²) in [6.45, 7) is 0. The fourth-order valence-electron chi connectivity index (χ4n) is 1.48. The number of carbonyl (C=O) groups is 2. The van der Waals surface area contributed by atoms with Gasteiger partial charge in [0.2, 0.25) is 5.24 Å². The molecule has 0 aromatic heterocycles. The first-order valence-corrected chi connectivity index (χ1v) is 4.46. The average molecular weight is 203 g/mol. The van der Waals surface area contributed by atoms with E-state index in [0.29, 0.717) is 12.8 Å². The van der Waals surface area contributed by atoms with E-state index in [9.17, 15) is 9.59 Å². The van der Waals surface area contributed by atoms with Gasteiger partial charge in [-0.1, -0.05) is 12.2 Å². The van der Waals surface area contributed by atoms with E-state index >= 15 is 0 Å². The number of rotatable bonds is 2. The van der Waals surface area contributed by atoms with E-state index in [-0.39, 0.29) is 5.97 Å². The predicted molar refractivity (Wildman–Crippen MR) is 48.2 cm³/mol. The smallest absolute Gasteiger partial charge is 0.309 e. The average Bonchev–Trinajstić information content (AvgIpc) is 2.16. The first kappa shape index (κ1) is 10.3. The molecule has 72 valence electrons. The van der Waals surface area contributed by atoms with Crippen LogP contribution in [0.3, 0.4) is 0 Å². The molecule has 0 heterocycles. The van der Waals surface area contributed by atoms with E-state index in [1.807, 2.05) is 12.2 Å². The number of allylic oxidation sites excluding steroid dienone is 2. The molecule has 0 fully saturated rings. The molecular formula is C9H11ClO3. The molecule has 0 N–H and O–H groups in total. The molecular weight excluding hydrogens is 192 g/mol. The number of methoxy groups -OCH3 is 1. The molecule has 4 heteroatoms. The van der Waals surface area contributed by atoms with Crippen molar-refractivity contribution in [3.63, 3.8) is 0 Å². The molecule has 0 spiro atoms. The minimum atomic E-state index is -0.459. The zero-order valence-electron chi connectivity index (χ0n) is 7.33. The summed E-state index contributed by atoms with van der Waals surface area (Å²) in [5, 5.41) is -0.459. The minimum Gasteiger partial charge on any atom is -0.469 e. The quantitative estimate of drug-likeness (QED) is 0.387. The van der Waals surface area contributed by atoms with Crippen LogP contribution in [-0.4, -0.2) is 18.3 Å². The number of hydrogen-bond donors (Lipinski definition) is 0. The van der Waals surface area contributed by atoms with Crippen LogP contribution in [0.25, 0.3) is 0 Å². The summed E-state index contributed by atoms with van der Waals surface area (Å²) in [6, 6.07) is 0. The van der Waals surface area contributed by atoms with Gasteiger partial charge in [0.15, 0.2) is 0 Å². The molecule has 0 bridgehead atoms. The third-order valence-electron chi connectivity index (χ3n) is 2.23. The van der Waals surface area contributed by atoms with Crippen LogP contribution >= 0.6 is 11.6 Å². The molecule has 0 aromatic rings. The Morgan fingerprint density at radius 1 is 1.31 bits per heavy atom. The maximum absolute atomic E-state index is 11.2. The summed E-state index contributed by atoms with van der Waals surface area (Å²) >= 11 is 5.37. The minimum absolute atomic E-state index is 0.358. The van der Waals surface area contributed by atoms with Crippen molar-refractivity contribution in [2.75, 3.05) is 7.11 Å². The van der Waals surface area contributed by atoms with Gasteiger partial charge in [-0.25, -0.2) is 0 Å². The topological polar surface area (TPSA) is 43.4 Å². The highest BCUT2D eigenvalue weighted by molar-refractivity contribution is 6.64. The van der Waals surface area contributed by atoms with Crippen molar-refractivity contribution in [1.82, 2.24) is 0 Å². The number of ether oxygens (including phenoxy) is 1. The lowest BCUT2D eigenvalue weighted by Crippen LogP contribution is -2.29. The lowest BCUT2D eigenvalue weighted by atomic mass is 9.84. The monoisotopic (exact) mass is 202 g/mol. The fourth-order valence-corrected chi connectivity index (χ4v) is 1.72. The highest BCUT2D eigenvalue weighted by atomic mass is 35.5. The third kappa shape index (κ3) is 2.31. The number of carbonyl (C=O) groups excluding carboxylic acids is 2. The van der Waals surface area contributed by atoms with Crippen LogP contribution in [-0.2, 0) is 14.3 Å². The molecule has 0 aliphatic heterocycles. The summed E-state index contributed by atoms with van der Waals surface area (Å²) in [7, 11) is 1.32. The Hall–Kier alpha value is -0.830. The molecule has 1 rings (SSSR count). The van der Waals surface area contributed by atoms with Crippen molar-refractivity contribution in [3.8, 4) is 0 Å². The van der Waals surface area contributed by atoms with Crippen LogP contribution in [0.1, 0.15) is 12.8 Å². The van der Waals surface area contributed by atoms with Crippen molar-refractivity contribution >= 4 is 22.8 Å². The van der Waals surface area contributed by atoms with Crippen molar-refractivity contribution in [2.45, 2.75) is 12.8 Å². The zero-order valence-corrected chi connectivity index (χ0v) is 8.08. The van der Waals surface area contributed by atoms with Crippen LogP contribution in [0.2, 0.25) is 0 Å². The number of hydrogen-bond acceptors (Lipinski definition) is 3. The molecule has 0 aromatic carbocycles. The van der Waals surface area contributed by atoms with Crippen LogP contribution in [0.4, 0.5) is 0 Å². The second kappa shape index (κ2) is 4.42. The first-order valence-electron chi connectivity index (χ1n) is 4.09. The molecule has 3 nitrogen and oxygen atoms in total. The molecule has 1 aliphatic carbocycles. The van der Waals surface area contributed by atoms with Crippen LogP contribution in [0, 0.1) is 11.8 Å². The Kier molecular flexibility index (Phi) is 3.48. The van der Waals surface area contributed by atoms with Gasteiger partial charge in [-0.05, 0) is 24.4 Å². The van der Waals surface area contributed by atoms with Gasteiger partial charge in [0.05, 0.1) is 18.9 Å². The van der Waals surface area contributed by atoms with E-state index in [4.69, 9.17) is 11.6 Å². The summed E-state index contributed by atoms with van der Waals surface area (Å²) < 4.78 is 4.59. The number of esters is 1. The van der Waals surface area contributed by atoms with E-state index in [1.54, 1.807) is 0 Å². The number of halogens is 1. The van der Waals surface area contributed by atoms with E-state index < -0.39 is 17.1 Å². The fraction of sp³-hybridized carbons (Fsp3) is 0.556. The largest absolute Gasteiger partial charge is 0.469 e. The van der Waals surface area contributed by atoms with Crippen molar-refractivity contribution in [1.29, 1.82) is 0 Å². The maximum atomic E-state index is 11.2. The summed E-state index contributed by atoms with van der Waals surface area (Å²) in [5.41, 5.74) is 0. The molecule has 0 amide bonds. The van der Waals surface area contributed by atoms with Gasteiger partial charge in [0.25, 0.3) is 0 Å². The summed E-state index contributed by atoms with van der Waals surface area (Å²) in [5.74, 6) is -1.18. The van der Waals surface area contributed by atoms with Gasteiger partial charge in [0.1, 0.15) is 0 Å². The molecule has 1 aliphatic rings. The summed E-state index contributed by atoms with van der Waals surface area (Å²) in [6.07, 6.45) is 4.81. The lowest BCUT2D eigenvalue weighted by molar-refractivity contribution is -0.149. The van der Waals surface area contributed by atoms with E-state index in [2.05, 4.69) is 4.74 Å². The molecule has 13 heavy (non-hydrogen) atoms. The van der Waals surface area contributed by atoms with Crippen molar-refractivity contribution < 1.29 is 14.3 Å². The molecule has 0 radical (unpaired) electrons. The van der Waals surface area contributed by atoms with Crippen molar-refractivity contribution in [2.24, 2.45) is 11.8 Å². The van der Waals surface area contributed by atoms with E-state index in [1.165, 1.54) is 7.11 Å². The summed E-state index contributed by atoms with van der Waals surface area (Å²) in [4.78, 5) is 22.2. The van der Waals surface area contributed by atoms with Crippen LogP contribution in [0.5, 0.6) is 0 Å². The molecule has 0 saturated heterocycles. The van der Waals surface area contributed by atoms with Crippen LogP contribution < -0.4 is 0 Å². The van der Waals surface area contributed by atoms with Crippen LogP contribution in [0.15, 0.2) is 12.2 Å². The van der Waals surface area contributed by atoms with Gasteiger partial charge < -0.3 is 4.74 Å². The first-order chi connectivity index (χ1) is 6.16. The standard InChI is InChI=1S/C9H11ClO3/c1-13-9(12)7-5-3-2-4-6(7)8(10)11/h2-3,6-7H,4-5H2,1H3/t6-,7-/m1/s1. The Bertz CT molecular complexity index is 247. The molecule has 0 saturated carbocycles.